The summed E-state index contributed by atoms with van der Waals surface area (Å²) in [5.74, 6) is -7.24. The highest BCUT2D eigenvalue weighted by Gasteiger charge is 2.43. The fourth-order valence-electron chi connectivity index (χ4n) is 10.5. The molecule has 3 aliphatic rings. The normalized spacial score (nSPS) is 25.7. The van der Waals surface area contributed by atoms with Gasteiger partial charge in [0.25, 0.3) is 23.6 Å². The average molecular weight is 1150 g/mol. The van der Waals surface area contributed by atoms with Crippen LogP contribution in [-0.4, -0.2) is 206 Å². The standard InChI is InChI=1S/C62H94N6O14/c1-39(2)31-49-59(73)79-43(9)55(69)63(11)52(34-42(7)8)62(76)82-54(36-46-17-21-48(22-18-46)38-68-25-29-78-30-26-68)58(72)66(14)50(32-40(3)4)60(74)80-44(10)56(70)64(12)51(33-41(5)6)61(75)81-53(57(71)65(49)13)35-45-15-19-47(20-16-45)37-67-23-27-77-28-24-67/h15-22,39-44,49-54H,23-38H2,1-14H3/t43-,44-,49+,50+,51+,52+,53-,54?/m1/s1. The lowest BCUT2D eigenvalue weighted by Gasteiger charge is -2.35. The number of morpholine rings is 2. The van der Waals surface area contributed by atoms with Crippen molar-refractivity contribution in [3.05, 3.63) is 70.8 Å². The summed E-state index contributed by atoms with van der Waals surface area (Å²) < 4.78 is 35.3. The van der Waals surface area contributed by atoms with Gasteiger partial charge in [-0.15, -0.1) is 0 Å². The van der Waals surface area contributed by atoms with Crippen LogP contribution in [-0.2, 0) is 92.7 Å². The second kappa shape index (κ2) is 31.6. The Balaban J connectivity index is 1.57. The molecular formula is C62H94N6O14. The van der Waals surface area contributed by atoms with Gasteiger partial charge in [0, 0.05) is 80.3 Å². The number of nitrogens with zero attached hydrogens (tertiary/aromatic N) is 6. The number of esters is 4. The van der Waals surface area contributed by atoms with E-state index in [0.29, 0.717) is 50.6 Å². The second-order valence-electron chi connectivity index (χ2n) is 24.2. The topological polar surface area (TPSA) is 211 Å². The molecule has 3 aliphatic heterocycles. The highest BCUT2D eigenvalue weighted by molar-refractivity contribution is 5.94. The predicted octanol–water partition coefficient (Wildman–Crippen LogP) is 5.33. The fraction of sp³-hybridized carbons (Fsp3) is 0.677. The molecule has 0 spiro atoms. The molecule has 0 saturated carbocycles. The fourth-order valence-corrected chi connectivity index (χ4v) is 10.5. The first kappa shape index (κ1) is 66.8. The minimum absolute atomic E-state index is 0.0966. The van der Waals surface area contributed by atoms with Crippen molar-refractivity contribution in [3.8, 4) is 0 Å². The Bertz CT molecular complexity index is 2260. The molecule has 2 aromatic rings. The number of hydrogen-bond acceptors (Lipinski definition) is 16. The van der Waals surface area contributed by atoms with E-state index in [-0.39, 0.29) is 62.2 Å². The van der Waals surface area contributed by atoms with Gasteiger partial charge in [0.15, 0.2) is 24.4 Å². The lowest BCUT2D eigenvalue weighted by Crippen LogP contribution is -2.55. The van der Waals surface area contributed by atoms with Crippen molar-refractivity contribution in [1.82, 2.24) is 29.4 Å². The van der Waals surface area contributed by atoms with Crippen molar-refractivity contribution in [1.29, 1.82) is 0 Å². The molecule has 456 valence electrons. The zero-order valence-corrected chi connectivity index (χ0v) is 51.3. The molecule has 0 radical (unpaired) electrons. The number of hydrogen-bond donors (Lipinski definition) is 0. The third-order valence-corrected chi connectivity index (χ3v) is 15.4. The van der Waals surface area contributed by atoms with E-state index in [2.05, 4.69) is 9.80 Å². The van der Waals surface area contributed by atoms with Crippen LogP contribution in [0.3, 0.4) is 0 Å². The quantitative estimate of drug-likeness (QED) is 0.154. The van der Waals surface area contributed by atoms with Crippen LogP contribution in [0.1, 0.15) is 117 Å². The molecule has 0 aliphatic carbocycles. The van der Waals surface area contributed by atoms with E-state index in [4.69, 9.17) is 28.4 Å². The van der Waals surface area contributed by atoms with Crippen LogP contribution in [0.15, 0.2) is 48.5 Å². The Labute approximate surface area is 486 Å². The Morgan fingerprint density at radius 3 is 0.890 bits per heavy atom. The third-order valence-electron chi connectivity index (χ3n) is 15.4. The summed E-state index contributed by atoms with van der Waals surface area (Å²) in [6, 6.07) is 10.1. The predicted molar refractivity (Wildman–Crippen MR) is 307 cm³/mol. The molecule has 0 N–H and O–H groups in total. The molecule has 1 unspecified atom stereocenters. The number of ether oxygens (including phenoxy) is 6. The van der Waals surface area contributed by atoms with Crippen LogP contribution in [0.2, 0.25) is 0 Å². The van der Waals surface area contributed by atoms with Crippen LogP contribution in [0.25, 0.3) is 0 Å². The SMILES string of the molecule is CC(C)C[C@H]1C(=O)O[C@H](C)C(=O)N(C)[C@@H](CC(C)C)C(=O)O[C@H](Cc2ccc(CN3CCOCC3)cc2)C(=O)N(C)[C@@H](CC(C)C)C(=O)O[C@H](C)C(=O)N(C)[C@@H](CC(C)C)C(=O)OC(Cc2ccc(CN3CCOCC3)cc2)C(=O)N1C. The molecule has 20 heteroatoms. The average Bonchev–Trinajstić information content (AvgIpc) is 3.55. The summed E-state index contributed by atoms with van der Waals surface area (Å²) in [4.78, 5) is 127. The lowest BCUT2D eigenvalue weighted by molar-refractivity contribution is -0.176. The number of carbonyl (C=O) groups excluding carboxylic acids is 8. The maximum Gasteiger partial charge on any atom is 0.329 e. The van der Waals surface area contributed by atoms with Crippen LogP contribution in [0.5, 0.6) is 0 Å². The van der Waals surface area contributed by atoms with Gasteiger partial charge in [-0.3, -0.25) is 29.0 Å². The maximum atomic E-state index is 15.0. The second-order valence-corrected chi connectivity index (χ2v) is 24.2. The van der Waals surface area contributed by atoms with E-state index in [1.165, 1.54) is 51.8 Å². The van der Waals surface area contributed by atoms with E-state index < -0.39 is 96.1 Å². The highest BCUT2D eigenvalue weighted by Crippen LogP contribution is 2.25. The van der Waals surface area contributed by atoms with E-state index in [1.807, 2.05) is 104 Å². The maximum absolute atomic E-state index is 15.0. The van der Waals surface area contributed by atoms with Crippen LogP contribution < -0.4 is 0 Å². The van der Waals surface area contributed by atoms with Crippen LogP contribution >= 0.6 is 0 Å². The number of amides is 4. The van der Waals surface area contributed by atoms with Gasteiger partial charge >= 0.3 is 23.9 Å². The van der Waals surface area contributed by atoms with Gasteiger partial charge in [0.2, 0.25) is 0 Å². The monoisotopic (exact) mass is 1150 g/mol. The number of carbonyl (C=O) groups is 8. The van der Waals surface area contributed by atoms with E-state index in [9.17, 15) is 28.8 Å². The molecule has 3 heterocycles. The number of cyclic esters (lactones) is 4. The first-order valence-electron chi connectivity index (χ1n) is 29.4. The largest absolute Gasteiger partial charge is 0.451 e. The van der Waals surface area contributed by atoms with Crippen LogP contribution in [0, 0.1) is 23.7 Å². The van der Waals surface area contributed by atoms with Gasteiger partial charge in [0.1, 0.15) is 24.2 Å². The van der Waals surface area contributed by atoms with Crippen molar-refractivity contribution < 1.29 is 66.8 Å². The summed E-state index contributed by atoms with van der Waals surface area (Å²) in [7, 11) is 5.63. The zero-order chi connectivity index (χ0) is 60.5. The first-order valence-corrected chi connectivity index (χ1v) is 29.4. The number of likely N-dealkylation sites (N-methyl/N-ethyl adjacent to an activating group) is 4. The van der Waals surface area contributed by atoms with Crippen molar-refractivity contribution in [3.63, 3.8) is 0 Å². The van der Waals surface area contributed by atoms with Gasteiger partial charge in [0.05, 0.1) is 26.4 Å². The molecule has 2 aromatic carbocycles. The van der Waals surface area contributed by atoms with Gasteiger partial charge in [-0.2, -0.15) is 0 Å². The van der Waals surface area contributed by atoms with Crippen molar-refractivity contribution in [2.45, 2.75) is 169 Å². The molecule has 5 rings (SSSR count). The highest BCUT2D eigenvalue weighted by atomic mass is 16.6. The molecule has 3 saturated heterocycles. The Morgan fingerprint density at radius 1 is 0.378 bits per heavy atom. The minimum atomic E-state index is -1.51. The summed E-state index contributed by atoms with van der Waals surface area (Å²) in [6.45, 7) is 24.8. The van der Waals surface area contributed by atoms with Gasteiger partial charge < -0.3 is 48.0 Å². The van der Waals surface area contributed by atoms with E-state index in [0.717, 1.165) is 47.1 Å². The summed E-state index contributed by atoms with van der Waals surface area (Å²) in [5.41, 5.74) is 3.37. The van der Waals surface area contributed by atoms with E-state index >= 15 is 9.59 Å². The smallest absolute Gasteiger partial charge is 0.329 e. The third kappa shape index (κ3) is 19.6. The Hall–Kier alpha value is -5.96. The molecular weight excluding hydrogens is 1050 g/mol. The molecule has 4 amide bonds. The Morgan fingerprint density at radius 2 is 0.622 bits per heavy atom. The van der Waals surface area contributed by atoms with Gasteiger partial charge in [-0.1, -0.05) is 104 Å². The molecule has 20 nitrogen and oxygen atoms in total. The summed E-state index contributed by atoms with van der Waals surface area (Å²) in [5, 5.41) is 0. The summed E-state index contributed by atoms with van der Waals surface area (Å²) >= 11 is 0. The van der Waals surface area contributed by atoms with Crippen molar-refractivity contribution in [2.24, 2.45) is 23.7 Å². The van der Waals surface area contributed by atoms with Gasteiger partial charge in [-0.05, 0) is 85.5 Å². The Kier molecular flexibility index (Phi) is 25.8. The lowest BCUT2D eigenvalue weighted by atomic mass is 9.99. The van der Waals surface area contributed by atoms with Crippen LogP contribution in [0.4, 0.5) is 0 Å². The first-order chi connectivity index (χ1) is 38.7. The minimum Gasteiger partial charge on any atom is -0.451 e. The summed E-state index contributed by atoms with van der Waals surface area (Å²) in [6.07, 6.45) is -5.77. The number of rotatable bonds is 16. The zero-order valence-electron chi connectivity index (χ0n) is 51.3. The number of benzene rings is 2. The molecule has 0 aromatic heterocycles. The van der Waals surface area contributed by atoms with Crippen molar-refractivity contribution >= 4 is 47.5 Å². The van der Waals surface area contributed by atoms with E-state index in [1.54, 1.807) is 0 Å². The van der Waals surface area contributed by atoms with Crippen molar-refractivity contribution in [2.75, 3.05) is 80.8 Å². The van der Waals surface area contributed by atoms with Gasteiger partial charge in [-0.25, -0.2) is 19.2 Å². The molecule has 8 atom stereocenters. The molecule has 0 bridgehead atoms. The molecule has 3 fully saturated rings. The molecule has 82 heavy (non-hydrogen) atoms.